The lowest BCUT2D eigenvalue weighted by Crippen LogP contribution is -2.18. The van der Waals surface area contributed by atoms with Gasteiger partial charge in [0.05, 0.1) is 12.1 Å². The second-order valence-corrected chi connectivity index (χ2v) is 5.13. The van der Waals surface area contributed by atoms with Crippen LogP contribution in [0.2, 0.25) is 0 Å². The lowest BCUT2D eigenvalue weighted by molar-refractivity contribution is -0.115. The molecule has 0 bridgehead atoms. The van der Waals surface area contributed by atoms with Crippen LogP contribution < -0.4 is 14.8 Å². The summed E-state index contributed by atoms with van der Waals surface area (Å²) in [5, 5.41) is 2.58. The Balaban J connectivity index is 1.75. The summed E-state index contributed by atoms with van der Waals surface area (Å²) in [5.41, 5.74) is 1.95. The molecule has 0 spiro atoms. The molecular weight excluding hydrogens is 285 g/mol. The zero-order valence-corrected chi connectivity index (χ0v) is 12.2. The third kappa shape index (κ3) is 3.03. The Hall–Kier alpha value is -2.56. The number of halogens is 1. The van der Waals surface area contributed by atoms with Crippen molar-refractivity contribution in [3.63, 3.8) is 0 Å². The molecule has 0 saturated heterocycles. The van der Waals surface area contributed by atoms with Gasteiger partial charge in [0, 0.05) is 0 Å². The van der Waals surface area contributed by atoms with Crippen LogP contribution in [-0.2, 0) is 11.2 Å². The lowest BCUT2D eigenvalue weighted by Gasteiger charge is -2.20. The SMILES string of the molecule is Cc1cc2c(cc1CC(=O)Nc1ccccc1F)OCCO2. The van der Waals surface area contributed by atoms with Gasteiger partial charge in [-0.05, 0) is 42.3 Å². The molecule has 22 heavy (non-hydrogen) atoms. The van der Waals surface area contributed by atoms with E-state index in [1.165, 1.54) is 12.1 Å². The molecule has 0 atom stereocenters. The third-order valence-corrected chi connectivity index (χ3v) is 3.50. The molecule has 114 valence electrons. The second kappa shape index (κ2) is 6.05. The van der Waals surface area contributed by atoms with Gasteiger partial charge in [0.15, 0.2) is 11.5 Å². The van der Waals surface area contributed by atoms with Crippen molar-refractivity contribution in [1.82, 2.24) is 0 Å². The van der Waals surface area contributed by atoms with Crippen LogP contribution in [0.15, 0.2) is 36.4 Å². The second-order valence-electron chi connectivity index (χ2n) is 5.13. The first-order chi connectivity index (χ1) is 10.6. The van der Waals surface area contributed by atoms with E-state index in [0.29, 0.717) is 24.7 Å². The van der Waals surface area contributed by atoms with Crippen LogP contribution in [-0.4, -0.2) is 19.1 Å². The molecule has 2 aromatic rings. The number of ether oxygens (including phenoxy) is 2. The highest BCUT2D eigenvalue weighted by Crippen LogP contribution is 2.33. The topological polar surface area (TPSA) is 47.6 Å². The van der Waals surface area contributed by atoms with Crippen LogP contribution in [0, 0.1) is 12.7 Å². The van der Waals surface area contributed by atoms with Gasteiger partial charge in [-0.25, -0.2) is 4.39 Å². The van der Waals surface area contributed by atoms with Crippen LogP contribution in [0.4, 0.5) is 10.1 Å². The van der Waals surface area contributed by atoms with Crippen LogP contribution in [0.25, 0.3) is 0 Å². The van der Waals surface area contributed by atoms with E-state index in [1.54, 1.807) is 12.1 Å². The van der Waals surface area contributed by atoms with Gasteiger partial charge in [-0.3, -0.25) is 4.79 Å². The maximum atomic E-state index is 13.5. The molecule has 4 nitrogen and oxygen atoms in total. The van der Waals surface area contributed by atoms with E-state index >= 15 is 0 Å². The normalized spacial score (nSPS) is 12.8. The fourth-order valence-electron chi connectivity index (χ4n) is 2.35. The quantitative estimate of drug-likeness (QED) is 0.947. The van der Waals surface area contributed by atoms with Crippen molar-refractivity contribution in [2.75, 3.05) is 18.5 Å². The highest BCUT2D eigenvalue weighted by Gasteiger charge is 2.16. The number of hydrogen-bond acceptors (Lipinski definition) is 3. The minimum Gasteiger partial charge on any atom is -0.486 e. The summed E-state index contributed by atoms with van der Waals surface area (Å²) in [4.78, 5) is 12.1. The molecule has 0 radical (unpaired) electrons. The Morgan fingerprint density at radius 3 is 2.59 bits per heavy atom. The molecule has 1 amide bonds. The number of rotatable bonds is 3. The summed E-state index contributed by atoms with van der Waals surface area (Å²) in [6.45, 7) is 2.93. The van der Waals surface area contributed by atoms with E-state index in [-0.39, 0.29) is 18.0 Å². The maximum Gasteiger partial charge on any atom is 0.228 e. The number of nitrogens with one attached hydrogen (secondary N) is 1. The molecule has 1 aliphatic rings. The minimum atomic E-state index is -0.449. The monoisotopic (exact) mass is 301 g/mol. The van der Waals surface area contributed by atoms with Gasteiger partial charge in [-0.1, -0.05) is 12.1 Å². The first kappa shape index (κ1) is 14.4. The molecular formula is C17H16FNO3. The zero-order valence-electron chi connectivity index (χ0n) is 12.2. The number of benzene rings is 2. The lowest BCUT2D eigenvalue weighted by atomic mass is 10.0. The summed E-state index contributed by atoms with van der Waals surface area (Å²) in [7, 11) is 0. The van der Waals surface area contributed by atoms with Crippen molar-refractivity contribution >= 4 is 11.6 Å². The van der Waals surface area contributed by atoms with Crippen molar-refractivity contribution in [2.45, 2.75) is 13.3 Å². The molecule has 5 heteroatoms. The highest BCUT2D eigenvalue weighted by molar-refractivity contribution is 5.92. The van der Waals surface area contributed by atoms with Crippen molar-refractivity contribution in [1.29, 1.82) is 0 Å². The molecule has 0 aromatic heterocycles. The Bertz CT molecular complexity index is 715. The Morgan fingerprint density at radius 1 is 1.18 bits per heavy atom. The number of anilines is 1. The van der Waals surface area contributed by atoms with E-state index in [0.717, 1.165) is 11.1 Å². The van der Waals surface area contributed by atoms with Crippen molar-refractivity contribution in [3.8, 4) is 11.5 Å². The van der Waals surface area contributed by atoms with Crippen LogP contribution in [0.1, 0.15) is 11.1 Å². The molecule has 0 aliphatic carbocycles. The summed E-state index contributed by atoms with van der Waals surface area (Å²) >= 11 is 0. The van der Waals surface area contributed by atoms with Gasteiger partial charge in [-0.2, -0.15) is 0 Å². The number of carbonyl (C=O) groups excluding carboxylic acids is 1. The average Bonchev–Trinajstić information content (AvgIpc) is 2.50. The maximum absolute atomic E-state index is 13.5. The van der Waals surface area contributed by atoms with E-state index < -0.39 is 5.82 Å². The molecule has 0 fully saturated rings. The summed E-state index contributed by atoms with van der Waals surface area (Å²) in [6, 6.07) is 9.77. The molecule has 0 saturated carbocycles. The fourth-order valence-corrected chi connectivity index (χ4v) is 2.35. The van der Waals surface area contributed by atoms with Gasteiger partial charge in [0.25, 0.3) is 0 Å². The molecule has 2 aromatic carbocycles. The first-order valence-electron chi connectivity index (χ1n) is 7.07. The van der Waals surface area contributed by atoms with E-state index in [9.17, 15) is 9.18 Å². The fraction of sp³-hybridized carbons (Fsp3) is 0.235. The molecule has 0 unspecified atom stereocenters. The molecule has 1 heterocycles. The predicted octanol–water partition coefficient (Wildman–Crippen LogP) is 3.09. The van der Waals surface area contributed by atoms with Crippen LogP contribution >= 0.6 is 0 Å². The average molecular weight is 301 g/mol. The summed E-state index contributed by atoms with van der Waals surface area (Å²) < 4.78 is 24.6. The number of fused-ring (bicyclic) bond motifs is 1. The highest BCUT2D eigenvalue weighted by atomic mass is 19.1. The number of amides is 1. The number of para-hydroxylation sites is 1. The Morgan fingerprint density at radius 2 is 1.86 bits per heavy atom. The smallest absolute Gasteiger partial charge is 0.228 e. The van der Waals surface area contributed by atoms with Gasteiger partial charge in [0.2, 0.25) is 5.91 Å². The standard InChI is InChI=1S/C17H16FNO3/c1-11-8-15-16(22-7-6-21-15)9-12(11)10-17(20)19-14-5-3-2-4-13(14)18/h2-5,8-9H,6-7,10H2,1H3,(H,19,20). The van der Waals surface area contributed by atoms with Gasteiger partial charge >= 0.3 is 0 Å². The zero-order chi connectivity index (χ0) is 15.5. The van der Waals surface area contributed by atoms with E-state index in [4.69, 9.17) is 9.47 Å². The summed E-state index contributed by atoms with van der Waals surface area (Å²) in [5.74, 6) is 0.618. The number of carbonyl (C=O) groups is 1. The first-order valence-corrected chi connectivity index (χ1v) is 7.07. The number of aryl methyl sites for hydroxylation is 1. The van der Waals surface area contributed by atoms with Crippen molar-refractivity contribution in [3.05, 3.63) is 53.3 Å². The molecule has 3 rings (SSSR count). The third-order valence-electron chi connectivity index (χ3n) is 3.50. The van der Waals surface area contributed by atoms with E-state index in [1.807, 2.05) is 19.1 Å². The van der Waals surface area contributed by atoms with Crippen LogP contribution in [0.3, 0.4) is 0 Å². The Kier molecular flexibility index (Phi) is 3.96. The van der Waals surface area contributed by atoms with E-state index in [2.05, 4.69) is 5.32 Å². The van der Waals surface area contributed by atoms with Crippen LogP contribution in [0.5, 0.6) is 11.5 Å². The van der Waals surface area contributed by atoms with Gasteiger partial charge < -0.3 is 14.8 Å². The summed E-state index contributed by atoms with van der Waals surface area (Å²) in [6.07, 6.45) is 0.150. The minimum absolute atomic E-state index is 0.150. The molecule has 1 aliphatic heterocycles. The van der Waals surface area contributed by atoms with Gasteiger partial charge in [0.1, 0.15) is 19.0 Å². The molecule has 1 N–H and O–H groups in total. The van der Waals surface area contributed by atoms with Crippen molar-refractivity contribution < 1.29 is 18.7 Å². The van der Waals surface area contributed by atoms with Crippen molar-refractivity contribution in [2.24, 2.45) is 0 Å². The largest absolute Gasteiger partial charge is 0.486 e. The number of hydrogen-bond donors (Lipinski definition) is 1. The Labute approximate surface area is 127 Å². The van der Waals surface area contributed by atoms with Gasteiger partial charge in [-0.15, -0.1) is 0 Å². The predicted molar refractivity (Wildman–Crippen MR) is 80.9 cm³/mol.